The first-order valence-electron chi connectivity index (χ1n) is 7.93. The Bertz CT molecular complexity index is 839. The van der Waals surface area contributed by atoms with Crippen molar-refractivity contribution in [2.45, 2.75) is 32.2 Å². The van der Waals surface area contributed by atoms with Gasteiger partial charge in [-0.2, -0.15) is 13.2 Å². The van der Waals surface area contributed by atoms with Crippen molar-refractivity contribution < 1.29 is 37.0 Å². The van der Waals surface area contributed by atoms with Crippen molar-refractivity contribution in [2.75, 3.05) is 16.8 Å². The van der Waals surface area contributed by atoms with Crippen LogP contribution in [0.3, 0.4) is 0 Å². The molecule has 0 bridgehead atoms. The molecule has 0 spiro atoms. The van der Waals surface area contributed by atoms with Gasteiger partial charge in [0.25, 0.3) is 5.79 Å². The summed E-state index contributed by atoms with van der Waals surface area (Å²) in [6, 6.07) is 4.34. The maximum atomic E-state index is 12.6. The number of halogens is 3. The molecule has 1 aromatic carbocycles. The Morgan fingerprint density at radius 3 is 2.44 bits per heavy atom. The normalized spacial score (nSPS) is 18.6. The average molecular weight is 384 g/mol. The van der Waals surface area contributed by atoms with Gasteiger partial charge in [0.1, 0.15) is 0 Å². The van der Waals surface area contributed by atoms with Gasteiger partial charge < -0.3 is 19.7 Å². The fourth-order valence-corrected chi connectivity index (χ4v) is 2.79. The second-order valence-electron chi connectivity index (χ2n) is 6.43. The maximum Gasteiger partial charge on any atom is 0.471 e. The van der Waals surface area contributed by atoms with E-state index in [1.54, 1.807) is 6.07 Å². The Labute approximate surface area is 151 Å². The average Bonchev–Trinajstić information content (AvgIpc) is 2.94. The van der Waals surface area contributed by atoms with E-state index in [1.807, 2.05) is 0 Å². The third kappa shape index (κ3) is 3.74. The van der Waals surface area contributed by atoms with Crippen LogP contribution in [0.4, 0.5) is 24.5 Å². The van der Waals surface area contributed by atoms with Crippen LogP contribution < -0.4 is 10.2 Å². The summed E-state index contributed by atoms with van der Waals surface area (Å²) in [7, 11) is 0. The molecule has 0 aliphatic carbocycles. The Balaban J connectivity index is 1.77. The van der Waals surface area contributed by atoms with Crippen LogP contribution in [0.15, 0.2) is 30.0 Å². The molecule has 7 nitrogen and oxygen atoms in total. The third-order valence-corrected chi connectivity index (χ3v) is 3.96. The number of carbonyl (C=O) groups excluding carboxylic acids is 3. The first-order chi connectivity index (χ1) is 12.5. The Morgan fingerprint density at radius 1 is 1.22 bits per heavy atom. The lowest BCUT2D eigenvalue weighted by atomic mass is 10.1. The van der Waals surface area contributed by atoms with Gasteiger partial charge in [0.05, 0.1) is 0 Å². The van der Waals surface area contributed by atoms with E-state index >= 15 is 0 Å². The van der Waals surface area contributed by atoms with Crippen molar-refractivity contribution in [3.8, 4) is 0 Å². The molecule has 27 heavy (non-hydrogen) atoms. The van der Waals surface area contributed by atoms with Crippen LogP contribution in [0.25, 0.3) is 0 Å². The summed E-state index contributed by atoms with van der Waals surface area (Å²) in [6.45, 7) is 2.76. The molecule has 0 unspecified atom stereocenters. The van der Waals surface area contributed by atoms with Crippen LogP contribution in [0, 0.1) is 0 Å². The lowest BCUT2D eigenvalue weighted by Crippen LogP contribution is -2.42. The number of fused-ring (bicyclic) bond motifs is 1. The second-order valence-corrected chi connectivity index (χ2v) is 6.43. The van der Waals surface area contributed by atoms with Crippen LogP contribution in [0.1, 0.15) is 19.4 Å². The SMILES string of the molecule is CC1(C)OC(=O)C(=CNc2ccc3c(c2)CCN3C(=O)C(F)(F)F)C(=O)O1. The summed E-state index contributed by atoms with van der Waals surface area (Å²) in [4.78, 5) is 35.8. The van der Waals surface area contributed by atoms with Gasteiger partial charge in [0, 0.05) is 38.0 Å². The van der Waals surface area contributed by atoms with E-state index in [4.69, 9.17) is 9.47 Å². The van der Waals surface area contributed by atoms with E-state index in [9.17, 15) is 27.6 Å². The number of cyclic esters (lactones) is 2. The van der Waals surface area contributed by atoms with Crippen molar-refractivity contribution in [3.05, 3.63) is 35.5 Å². The first-order valence-corrected chi connectivity index (χ1v) is 7.93. The number of esters is 2. The molecule has 10 heteroatoms. The molecular weight excluding hydrogens is 369 g/mol. The molecule has 2 aliphatic heterocycles. The highest BCUT2D eigenvalue weighted by Gasteiger charge is 2.44. The van der Waals surface area contributed by atoms with Gasteiger partial charge in [-0.25, -0.2) is 9.59 Å². The summed E-state index contributed by atoms with van der Waals surface area (Å²) in [6.07, 6.45) is -3.59. The molecule has 0 aromatic heterocycles. The number of ether oxygens (including phenoxy) is 2. The van der Waals surface area contributed by atoms with Gasteiger partial charge in [0.2, 0.25) is 0 Å². The summed E-state index contributed by atoms with van der Waals surface area (Å²) < 4.78 is 47.8. The molecule has 1 amide bonds. The van der Waals surface area contributed by atoms with Gasteiger partial charge in [-0.15, -0.1) is 0 Å². The lowest BCUT2D eigenvalue weighted by molar-refractivity contribution is -0.222. The highest BCUT2D eigenvalue weighted by atomic mass is 19.4. The van der Waals surface area contributed by atoms with Crippen LogP contribution in [-0.2, 0) is 30.3 Å². The standard InChI is InChI=1S/C17H15F3N2O5/c1-16(2)26-13(23)11(14(24)27-16)8-21-10-3-4-12-9(7-10)5-6-22(12)15(25)17(18,19)20/h3-4,7-8,21H,5-6H2,1-2H3. The predicted octanol–water partition coefficient (Wildman–Crippen LogP) is 2.27. The number of hydrogen-bond donors (Lipinski definition) is 1. The minimum Gasteiger partial charge on any atom is -0.419 e. The topological polar surface area (TPSA) is 84.9 Å². The van der Waals surface area contributed by atoms with Gasteiger partial charge in [0.15, 0.2) is 5.57 Å². The van der Waals surface area contributed by atoms with Crippen molar-refractivity contribution >= 4 is 29.2 Å². The van der Waals surface area contributed by atoms with Gasteiger partial charge in [-0.05, 0) is 30.2 Å². The van der Waals surface area contributed by atoms with E-state index in [-0.39, 0.29) is 24.2 Å². The second kappa shape index (κ2) is 6.29. The zero-order valence-electron chi connectivity index (χ0n) is 14.3. The number of nitrogens with one attached hydrogen (secondary N) is 1. The van der Waals surface area contributed by atoms with Crippen molar-refractivity contribution in [1.82, 2.24) is 0 Å². The Morgan fingerprint density at radius 2 is 1.85 bits per heavy atom. The van der Waals surface area contributed by atoms with E-state index < -0.39 is 29.8 Å². The summed E-state index contributed by atoms with van der Waals surface area (Å²) >= 11 is 0. The number of hydrogen-bond acceptors (Lipinski definition) is 6. The Hall–Kier alpha value is -3.04. The number of nitrogens with zero attached hydrogens (tertiary/aromatic N) is 1. The molecule has 3 rings (SSSR count). The molecule has 1 saturated heterocycles. The predicted molar refractivity (Wildman–Crippen MR) is 86.5 cm³/mol. The molecule has 0 saturated carbocycles. The highest BCUT2D eigenvalue weighted by molar-refractivity contribution is 6.15. The molecule has 0 atom stereocenters. The largest absolute Gasteiger partial charge is 0.471 e. The molecule has 1 fully saturated rings. The zero-order valence-corrected chi connectivity index (χ0v) is 14.3. The van der Waals surface area contributed by atoms with Crippen LogP contribution in [0.5, 0.6) is 0 Å². The molecule has 2 aliphatic rings. The van der Waals surface area contributed by atoms with Gasteiger partial charge in [-0.1, -0.05) is 0 Å². The number of anilines is 2. The first kappa shape index (κ1) is 18.7. The lowest BCUT2D eigenvalue weighted by Gasteiger charge is -2.29. The minimum atomic E-state index is -4.95. The summed E-state index contributed by atoms with van der Waals surface area (Å²) in [5.41, 5.74) is 0.788. The molecule has 2 heterocycles. The van der Waals surface area contributed by atoms with E-state index in [1.165, 1.54) is 26.0 Å². The van der Waals surface area contributed by atoms with Crippen molar-refractivity contribution in [3.63, 3.8) is 0 Å². The Kier molecular flexibility index (Phi) is 4.37. The highest BCUT2D eigenvalue weighted by Crippen LogP contribution is 2.33. The number of carbonyl (C=O) groups is 3. The fourth-order valence-electron chi connectivity index (χ4n) is 2.79. The minimum absolute atomic E-state index is 0.0774. The number of amides is 1. The molecular formula is C17H15F3N2O5. The molecule has 1 N–H and O–H groups in total. The summed E-state index contributed by atoms with van der Waals surface area (Å²) in [5.74, 6) is -4.98. The number of alkyl halides is 3. The zero-order chi connectivity index (χ0) is 20.0. The fraction of sp³-hybridized carbons (Fsp3) is 0.353. The summed E-state index contributed by atoms with van der Waals surface area (Å²) in [5, 5.41) is 2.72. The molecule has 144 valence electrons. The van der Waals surface area contributed by atoms with Crippen LogP contribution >= 0.6 is 0 Å². The van der Waals surface area contributed by atoms with E-state index in [0.717, 1.165) is 6.20 Å². The van der Waals surface area contributed by atoms with Crippen molar-refractivity contribution in [1.29, 1.82) is 0 Å². The van der Waals surface area contributed by atoms with E-state index in [0.29, 0.717) is 16.2 Å². The maximum absolute atomic E-state index is 12.6. The van der Waals surface area contributed by atoms with Crippen LogP contribution in [-0.4, -0.2) is 36.4 Å². The van der Waals surface area contributed by atoms with E-state index in [2.05, 4.69) is 5.32 Å². The third-order valence-electron chi connectivity index (χ3n) is 3.96. The van der Waals surface area contributed by atoms with Gasteiger partial charge in [-0.3, -0.25) is 4.79 Å². The number of benzene rings is 1. The smallest absolute Gasteiger partial charge is 0.419 e. The number of rotatable bonds is 2. The monoisotopic (exact) mass is 384 g/mol. The van der Waals surface area contributed by atoms with Gasteiger partial charge >= 0.3 is 24.0 Å². The van der Waals surface area contributed by atoms with Crippen LogP contribution in [0.2, 0.25) is 0 Å². The molecule has 0 radical (unpaired) electrons. The molecule has 1 aromatic rings. The quantitative estimate of drug-likeness (QED) is 0.478. The van der Waals surface area contributed by atoms with Crippen molar-refractivity contribution in [2.24, 2.45) is 0 Å².